The van der Waals surface area contributed by atoms with Crippen LogP contribution in [0.25, 0.3) is 10.9 Å². The average molecular weight is 389 g/mol. The number of benzene rings is 2. The van der Waals surface area contributed by atoms with E-state index >= 15 is 0 Å². The Morgan fingerprint density at radius 2 is 1.81 bits per heavy atom. The molecule has 0 saturated carbocycles. The Morgan fingerprint density at radius 3 is 2.46 bits per heavy atom. The third-order valence-corrected chi connectivity index (χ3v) is 6.28. The maximum Gasteiger partial charge on any atom is 0.248 e. The zero-order chi connectivity index (χ0) is 18.6. The zero-order valence-electron chi connectivity index (χ0n) is 14.3. The van der Waals surface area contributed by atoms with Crippen molar-refractivity contribution in [2.45, 2.75) is 12.5 Å². The molecule has 2 heterocycles. The minimum atomic E-state index is -3.68. The molecule has 4 rings (SSSR count). The van der Waals surface area contributed by atoms with Gasteiger partial charge in [-0.1, -0.05) is 41.9 Å². The smallest absolute Gasteiger partial charge is 0.248 e. The molecule has 1 amide bonds. The predicted octanol–water partition coefficient (Wildman–Crippen LogP) is 3.27. The Bertz CT molecular complexity index is 1140. The van der Waals surface area contributed by atoms with Crippen molar-refractivity contribution >= 4 is 38.4 Å². The van der Waals surface area contributed by atoms with Crippen LogP contribution in [0.1, 0.15) is 22.7 Å². The van der Waals surface area contributed by atoms with E-state index in [9.17, 15) is 13.2 Å². The molecule has 1 aliphatic rings. The molecule has 1 unspecified atom stereocenters. The lowest BCUT2D eigenvalue weighted by Crippen LogP contribution is -2.43. The molecule has 0 bridgehead atoms. The van der Waals surface area contributed by atoms with E-state index < -0.39 is 21.8 Å². The van der Waals surface area contributed by atoms with Gasteiger partial charge in [-0.25, -0.2) is 12.7 Å². The summed E-state index contributed by atoms with van der Waals surface area (Å²) in [6, 6.07) is 14.8. The number of amides is 1. The quantitative estimate of drug-likeness (QED) is 0.677. The van der Waals surface area contributed by atoms with Crippen LogP contribution in [-0.4, -0.2) is 29.5 Å². The second-order valence-electron chi connectivity index (χ2n) is 6.53. The van der Waals surface area contributed by atoms with E-state index in [-0.39, 0.29) is 6.54 Å². The van der Waals surface area contributed by atoms with Crippen molar-refractivity contribution in [1.29, 1.82) is 0 Å². The maximum absolute atomic E-state index is 13.2. The summed E-state index contributed by atoms with van der Waals surface area (Å²) in [4.78, 5) is 13.2. The van der Waals surface area contributed by atoms with Gasteiger partial charge in [0, 0.05) is 28.7 Å². The monoisotopic (exact) mass is 388 g/mol. The van der Waals surface area contributed by atoms with Crippen LogP contribution in [0.2, 0.25) is 5.02 Å². The van der Waals surface area contributed by atoms with Gasteiger partial charge in [-0.15, -0.1) is 0 Å². The Kier molecular flexibility index (Phi) is 3.86. The summed E-state index contributed by atoms with van der Waals surface area (Å²) in [5, 5.41) is 1.46. The van der Waals surface area contributed by atoms with Crippen LogP contribution >= 0.6 is 11.6 Å². The van der Waals surface area contributed by atoms with Gasteiger partial charge in [0.1, 0.15) is 0 Å². The van der Waals surface area contributed by atoms with Crippen LogP contribution in [0, 0.1) is 0 Å². The molecule has 0 fully saturated rings. The van der Waals surface area contributed by atoms with E-state index in [1.807, 2.05) is 54.1 Å². The van der Waals surface area contributed by atoms with Crippen molar-refractivity contribution in [2.75, 3.05) is 6.26 Å². The standard InChI is InChI=1S/C19H17ClN2O3S/c1-21-15-9-8-13(20)10-14(15)18-16(21)11-22(26(2,24)25)19(23)17(18)12-6-4-3-5-7-12/h3-10,17H,11H2,1-2H3. The molecule has 0 spiro atoms. The molecule has 0 saturated heterocycles. The number of fused-ring (bicyclic) bond motifs is 3. The summed E-state index contributed by atoms with van der Waals surface area (Å²) < 4.78 is 27.4. The van der Waals surface area contributed by atoms with Crippen molar-refractivity contribution in [2.24, 2.45) is 7.05 Å². The fourth-order valence-electron chi connectivity index (χ4n) is 3.73. The number of halogens is 1. The van der Waals surface area contributed by atoms with E-state index in [1.54, 1.807) is 6.07 Å². The topological polar surface area (TPSA) is 59.4 Å². The second-order valence-corrected chi connectivity index (χ2v) is 8.88. The maximum atomic E-state index is 13.2. The number of aromatic nitrogens is 1. The molecule has 0 N–H and O–H groups in total. The van der Waals surface area contributed by atoms with Crippen molar-refractivity contribution in [1.82, 2.24) is 8.87 Å². The van der Waals surface area contributed by atoms with Gasteiger partial charge in [-0.3, -0.25) is 4.79 Å². The van der Waals surface area contributed by atoms with Gasteiger partial charge < -0.3 is 4.57 Å². The summed E-state index contributed by atoms with van der Waals surface area (Å²) >= 11 is 6.20. The van der Waals surface area contributed by atoms with Gasteiger partial charge in [0.25, 0.3) is 0 Å². The lowest BCUT2D eigenvalue weighted by molar-refractivity contribution is -0.128. The van der Waals surface area contributed by atoms with Crippen LogP contribution in [0.4, 0.5) is 0 Å². The first kappa shape index (κ1) is 17.1. The number of rotatable bonds is 2. The highest BCUT2D eigenvalue weighted by Gasteiger charge is 2.41. The summed E-state index contributed by atoms with van der Waals surface area (Å²) in [5.41, 5.74) is 3.32. The number of sulfonamides is 1. The van der Waals surface area contributed by atoms with E-state index in [4.69, 9.17) is 11.6 Å². The van der Waals surface area contributed by atoms with Gasteiger partial charge in [0.05, 0.1) is 18.7 Å². The van der Waals surface area contributed by atoms with Crippen molar-refractivity contribution in [3.8, 4) is 0 Å². The summed E-state index contributed by atoms with van der Waals surface area (Å²) in [6.07, 6.45) is 1.07. The molecule has 26 heavy (non-hydrogen) atoms. The Balaban J connectivity index is 2.08. The SMILES string of the molecule is Cn1c2c(c3cc(Cl)ccc31)C(c1ccccc1)C(=O)N(S(C)(=O)=O)C2. The van der Waals surface area contributed by atoms with Crippen LogP contribution in [-0.2, 0) is 28.4 Å². The van der Waals surface area contributed by atoms with Crippen LogP contribution in [0.5, 0.6) is 0 Å². The van der Waals surface area contributed by atoms with E-state index in [0.717, 1.165) is 38.3 Å². The summed E-state index contributed by atoms with van der Waals surface area (Å²) in [7, 11) is -1.79. The molecule has 1 atom stereocenters. The molecule has 1 aliphatic heterocycles. The molecule has 5 nitrogen and oxygen atoms in total. The van der Waals surface area contributed by atoms with Crippen molar-refractivity contribution in [3.05, 3.63) is 70.4 Å². The van der Waals surface area contributed by atoms with Gasteiger partial charge in [-0.05, 0) is 29.3 Å². The zero-order valence-corrected chi connectivity index (χ0v) is 15.9. The number of hydrogen-bond acceptors (Lipinski definition) is 3. The van der Waals surface area contributed by atoms with E-state index in [0.29, 0.717) is 5.02 Å². The largest absolute Gasteiger partial charge is 0.346 e. The minimum Gasteiger partial charge on any atom is -0.346 e. The summed E-state index contributed by atoms with van der Waals surface area (Å²) in [6.45, 7) is 0.0269. The molecule has 3 aromatic rings. The Labute approximate surface area is 156 Å². The Morgan fingerprint density at radius 1 is 1.12 bits per heavy atom. The third kappa shape index (κ3) is 2.52. The number of carbonyl (C=O) groups excluding carboxylic acids is 1. The molecule has 134 valence electrons. The average Bonchev–Trinajstić information content (AvgIpc) is 2.86. The molecular formula is C19H17ClN2O3S. The second kappa shape index (κ2) is 5.86. The number of nitrogens with zero attached hydrogens (tertiary/aromatic N) is 2. The first-order valence-electron chi connectivity index (χ1n) is 8.12. The number of carbonyl (C=O) groups is 1. The van der Waals surface area contributed by atoms with Crippen LogP contribution in [0.3, 0.4) is 0 Å². The van der Waals surface area contributed by atoms with Crippen molar-refractivity contribution < 1.29 is 13.2 Å². The van der Waals surface area contributed by atoms with Gasteiger partial charge >= 0.3 is 0 Å². The molecule has 2 aromatic carbocycles. The summed E-state index contributed by atoms with van der Waals surface area (Å²) in [5.74, 6) is -1.12. The first-order valence-corrected chi connectivity index (χ1v) is 10.3. The molecule has 0 radical (unpaired) electrons. The molecule has 7 heteroatoms. The highest BCUT2D eigenvalue weighted by molar-refractivity contribution is 7.88. The number of aryl methyl sites for hydroxylation is 1. The number of hydrogen-bond donors (Lipinski definition) is 0. The van der Waals surface area contributed by atoms with Gasteiger partial charge in [0.15, 0.2) is 0 Å². The van der Waals surface area contributed by atoms with E-state index in [2.05, 4.69) is 0 Å². The molecule has 1 aromatic heterocycles. The van der Waals surface area contributed by atoms with Crippen molar-refractivity contribution in [3.63, 3.8) is 0 Å². The Hall–Kier alpha value is -2.31. The highest BCUT2D eigenvalue weighted by Crippen LogP contribution is 2.41. The molecule has 0 aliphatic carbocycles. The normalized spacial score (nSPS) is 17.6. The minimum absolute atomic E-state index is 0.0269. The van der Waals surface area contributed by atoms with Crippen LogP contribution in [0.15, 0.2) is 48.5 Å². The lowest BCUT2D eigenvalue weighted by Gasteiger charge is -2.32. The van der Waals surface area contributed by atoms with Gasteiger partial charge in [0.2, 0.25) is 15.9 Å². The third-order valence-electron chi connectivity index (χ3n) is 4.93. The fourth-order valence-corrected chi connectivity index (χ4v) is 4.69. The molecular weight excluding hydrogens is 372 g/mol. The van der Waals surface area contributed by atoms with Gasteiger partial charge in [-0.2, -0.15) is 0 Å². The highest BCUT2D eigenvalue weighted by atomic mass is 35.5. The predicted molar refractivity (Wildman–Crippen MR) is 102 cm³/mol. The van der Waals surface area contributed by atoms with E-state index in [1.165, 1.54) is 0 Å². The first-order chi connectivity index (χ1) is 12.3. The lowest BCUT2D eigenvalue weighted by atomic mass is 9.86. The van der Waals surface area contributed by atoms with Crippen LogP contribution < -0.4 is 0 Å². The fraction of sp³-hybridized carbons (Fsp3) is 0.211.